The Labute approximate surface area is 102 Å². The van der Waals surface area contributed by atoms with E-state index in [4.69, 9.17) is 9.47 Å². The summed E-state index contributed by atoms with van der Waals surface area (Å²) in [6.45, 7) is 2.97. The van der Waals surface area contributed by atoms with Gasteiger partial charge in [-0.05, 0) is 18.4 Å². The van der Waals surface area contributed by atoms with E-state index >= 15 is 0 Å². The molecule has 0 N–H and O–H groups in total. The summed E-state index contributed by atoms with van der Waals surface area (Å²) < 4.78 is 10.8. The van der Waals surface area contributed by atoms with Crippen LogP contribution in [-0.4, -0.2) is 18.7 Å². The molecule has 3 heteroatoms. The van der Waals surface area contributed by atoms with Crippen LogP contribution in [0.4, 0.5) is 0 Å². The Morgan fingerprint density at radius 2 is 2.06 bits per heavy atom. The molecule has 1 aromatic rings. The van der Waals surface area contributed by atoms with Gasteiger partial charge in [-0.15, -0.1) is 0 Å². The Bertz CT molecular complexity index is 361. The first-order chi connectivity index (χ1) is 8.25. The first-order valence-electron chi connectivity index (χ1n) is 6.08. The van der Waals surface area contributed by atoms with Crippen molar-refractivity contribution >= 4 is 5.97 Å². The molecule has 0 aromatic heterocycles. The number of carbonyl (C=O) groups excluding carboxylic acids is 1. The van der Waals surface area contributed by atoms with Crippen LogP contribution in [0.1, 0.15) is 25.3 Å². The van der Waals surface area contributed by atoms with Crippen LogP contribution in [0.15, 0.2) is 30.3 Å². The highest BCUT2D eigenvalue weighted by atomic mass is 16.6. The highest BCUT2D eigenvalue weighted by molar-refractivity contribution is 5.72. The van der Waals surface area contributed by atoms with Crippen LogP contribution in [0.5, 0.6) is 0 Å². The molecule has 0 aliphatic carbocycles. The second-order valence-corrected chi connectivity index (χ2v) is 4.54. The minimum Gasteiger partial charge on any atom is -0.460 e. The lowest BCUT2D eigenvalue weighted by Gasteiger charge is -2.25. The summed E-state index contributed by atoms with van der Waals surface area (Å²) in [6.07, 6.45) is 1.74. The second-order valence-electron chi connectivity index (χ2n) is 4.54. The van der Waals surface area contributed by atoms with E-state index in [9.17, 15) is 4.79 Å². The highest BCUT2D eigenvalue weighted by Gasteiger charge is 2.26. The molecule has 0 bridgehead atoms. The van der Waals surface area contributed by atoms with Gasteiger partial charge in [0.05, 0.1) is 19.1 Å². The molecule has 0 amide bonds. The SMILES string of the molecule is C[C@H]1CC[C@H](COCc2ccccc2)OC1=O. The van der Waals surface area contributed by atoms with Crippen LogP contribution in [-0.2, 0) is 20.9 Å². The van der Waals surface area contributed by atoms with Crippen LogP contribution < -0.4 is 0 Å². The van der Waals surface area contributed by atoms with E-state index in [-0.39, 0.29) is 18.0 Å². The fourth-order valence-electron chi connectivity index (χ4n) is 1.89. The Balaban J connectivity index is 1.71. The van der Waals surface area contributed by atoms with Crippen molar-refractivity contribution < 1.29 is 14.3 Å². The number of ether oxygens (including phenoxy) is 2. The Hall–Kier alpha value is -1.35. The minimum absolute atomic E-state index is 0.0420. The number of rotatable bonds is 4. The predicted molar refractivity (Wildman–Crippen MR) is 64.4 cm³/mol. The lowest BCUT2D eigenvalue weighted by molar-refractivity contribution is -0.163. The van der Waals surface area contributed by atoms with Crippen molar-refractivity contribution in [1.29, 1.82) is 0 Å². The minimum atomic E-state index is -0.0930. The molecule has 0 saturated carbocycles. The van der Waals surface area contributed by atoms with Gasteiger partial charge >= 0.3 is 5.97 Å². The molecule has 1 saturated heterocycles. The number of carbonyl (C=O) groups is 1. The summed E-state index contributed by atoms with van der Waals surface area (Å²) in [5, 5.41) is 0. The highest BCUT2D eigenvalue weighted by Crippen LogP contribution is 2.20. The molecular formula is C14H18O3. The molecular weight excluding hydrogens is 216 g/mol. The molecule has 3 nitrogen and oxygen atoms in total. The predicted octanol–water partition coefficient (Wildman–Crippen LogP) is 2.54. The zero-order valence-corrected chi connectivity index (χ0v) is 10.1. The van der Waals surface area contributed by atoms with Crippen LogP contribution in [0.25, 0.3) is 0 Å². The monoisotopic (exact) mass is 234 g/mol. The molecule has 92 valence electrons. The number of cyclic esters (lactones) is 1. The summed E-state index contributed by atoms with van der Waals surface area (Å²) in [7, 11) is 0. The van der Waals surface area contributed by atoms with Gasteiger partial charge in [0.25, 0.3) is 0 Å². The quantitative estimate of drug-likeness (QED) is 0.751. The standard InChI is InChI=1S/C14H18O3/c1-11-7-8-13(17-14(11)15)10-16-9-12-5-3-2-4-6-12/h2-6,11,13H,7-10H2,1H3/t11-,13+/m0/s1. The van der Waals surface area contributed by atoms with E-state index in [2.05, 4.69) is 0 Å². The lowest BCUT2D eigenvalue weighted by atomic mass is 10.00. The van der Waals surface area contributed by atoms with Gasteiger partial charge in [0.15, 0.2) is 0 Å². The number of hydrogen-bond donors (Lipinski definition) is 0. The summed E-state index contributed by atoms with van der Waals surface area (Å²) in [5.74, 6) is -0.0510. The van der Waals surface area contributed by atoms with Crippen molar-refractivity contribution in [2.45, 2.75) is 32.5 Å². The molecule has 0 radical (unpaired) electrons. The van der Waals surface area contributed by atoms with Crippen molar-refractivity contribution in [3.05, 3.63) is 35.9 Å². The zero-order valence-electron chi connectivity index (χ0n) is 10.1. The van der Waals surface area contributed by atoms with Gasteiger partial charge in [-0.1, -0.05) is 37.3 Å². The van der Waals surface area contributed by atoms with Gasteiger partial charge in [-0.3, -0.25) is 4.79 Å². The fraction of sp³-hybridized carbons (Fsp3) is 0.500. The second kappa shape index (κ2) is 5.82. The van der Waals surface area contributed by atoms with Gasteiger partial charge in [0.2, 0.25) is 0 Å². The van der Waals surface area contributed by atoms with Gasteiger partial charge in [0, 0.05) is 0 Å². The number of esters is 1. The van der Waals surface area contributed by atoms with E-state index in [1.807, 2.05) is 37.3 Å². The number of benzene rings is 1. The van der Waals surface area contributed by atoms with Gasteiger partial charge in [-0.25, -0.2) is 0 Å². The molecule has 1 aliphatic heterocycles. The van der Waals surface area contributed by atoms with Crippen molar-refractivity contribution in [3.63, 3.8) is 0 Å². The topological polar surface area (TPSA) is 35.5 Å². The van der Waals surface area contributed by atoms with Crippen molar-refractivity contribution in [2.24, 2.45) is 5.92 Å². The van der Waals surface area contributed by atoms with Gasteiger partial charge < -0.3 is 9.47 Å². The van der Waals surface area contributed by atoms with Crippen molar-refractivity contribution in [3.8, 4) is 0 Å². The summed E-state index contributed by atoms with van der Waals surface area (Å²) in [6, 6.07) is 10.00. The molecule has 1 aromatic carbocycles. The Morgan fingerprint density at radius 3 is 2.76 bits per heavy atom. The van der Waals surface area contributed by atoms with Crippen LogP contribution in [0.3, 0.4) is 0 Å². The summed E-state index contributed by atoms with van der Waals surface area (Å²) >= 11 is 0. The third-order valence-electron chi connectivity index (χ3n) is 3.02. The maximum absolute atomic E-state index is 11.4. The first-order valence-corrected chi connectivity index (χ1v) is 6.08. The first kappa shape index (κ1) is 12.1. The average molecular weight is 234 g/mol. The van der Waals surface area contributed by atoms with Gasteiger partial charge in [0.1, 0.15) is 6.10 Å². The molecule has 17 heavy (non-hydrogen) atoms. The van der Waals surface area contributed by atoms with Crippen LogP contribution in [0, 0.1) is 5.92 Å². The lowest BCUT2D eigenvalue weighted by Crippen LogP contribution is -2.32. The molecule has 2 atom stereocenters. The average Bonchev–Trinajstić information content (AvgIpc) is 2.35. The normalized spacial score (nSPS) is 24.4. The Morgan fingerprint density at radius 1 is 1.29 bits per heavy atom. The summed E-state index contributed by atoms with van der Waals surface area (Å²) in [5.41, 5.74) is 1.14. The van der Waals surface area contributed by atoms with Crippen LogP contribution in [0.2, 0.25) is 0 Å². The molecule has 1 fully saturated rings. The van der Waals surface area contributed by atoms with E-state index in [1.165, 1.54) is 0 Å². The van der Waals surface area contributed by atoms with Crippen LogP contribution >= 0.6 is 0 Å². The molecule has 0 unspecified atom stereocenters. The third-order valence-corrected chi connectivity index (χ3v) is 3.02. The molecule has 1 aliphatic rings. The number of hydrogen-bond acceptors (Lipinski definition) is 3. The molecule has 1 heterocycles. The van der Waals surface area contributed by atoms with E-state index in [1.54, 1.807) is 0 Å². The maximum atomic E-state index is 11.4. The Kier molecular flexibility index (Phi) is 4.15. The van der Waals surface area contributed by atoms with E-state index in [0.717, 1.165) is 18.4 Å². The molecule has 0 spiro atoms. The largest absolute Gasteiger partial charge is 0.460 e. The van der Waals surface area contributed by atoms with E-state index in [0.29, 0.717) is 13.2 Å². The van der Waals surface area contributed by atoms with E-state index < -0.39 is 0 Å². The maximum Gasteiger partial charge on any atom is 0.309 e. The summed E-state index contributed by atoms with van der Waals surface area (Å²) in [4.78, 5) is 11.4. The smallest absolute Gasteiger partial charge is 0.309 e. The zero-order chi connectivity index (χ0) is 12.1. The third kappa shape index (κ3) is 3.56. The fourth-order valence-corrected chi connectivity index (χ4v) is 1.89. The van der Waals surface area contributed by atoms with Gasteiger partial charge in [-0.2, -0.15) is 0 Å². The van der Waals surface area contributed by atoms with Crippen molar-refractivity contribution in [1.82, 2.24) is 0 Å². The molecule has 2 rings (SSSR count). The van der Waals surface area contributed by atoms with Crippen molar-refractivity contribution in [2.75, 3.05) is 6.61 Å².